The van der Waals surface area contributed by atoms with E-state index in [1.165, 1.54) is 0 Å². The number of hydrogen-bond donors (Lipinski definition) is 1. The number of nitrogens with zero attached hydrogens (tertiary/aromatic N) is 3. The molecule has 1 atom stereocenters. The van der Waals surface area contributed by atoms with E-state index in [0.29, 0.717) is 29.2 Å². The van der Waals surface area contributed by atoms with Crippen molar-refractivity contribution >= 4 is 23.5 Å². The number of carboxylic acids is 1. The lowest BCUT2D eigenvalue weighted by Gasteiger charge is -2.14. The number of rotatable bonds is 3. The second-order valence-electron chi connectivity index (χ2n) is 5.62. The number of amides is 1. The van der Waals surface area contributed by atoms with Crippen molar-refractivity contribution in [1.82, 2.24) is 14.7 Å². The van der Waals surface area contributed by atoms with Gasteiger partial charge in [0.2, 0.25) is 0 Å². The Labute approximate surface area is 138 Å². The van der Waals surface area contributed by atoms with Crippen molar-refractivity contribution in [3.63, 3.8) is 0 Å². The van der Waals surface area contributed by atoms with E-state index in [0.717, 1.165) is 5.69 Å². The Kier molecular flexibility index (Phi) is 4.09. The van der Waals surface area contributed by atoms with E-state index in [2.05, 4.69) is 5.10 Å². The van der Waals surface area contributed by atoms with Crippen LogP contribution in [0.1, 0.15) is 22.5 Å². The molecule has 2 heterocycles. The maximum absolute atomic E-state index is 12.6. The zero-order valence-corrected chi connectivity index (χ0v) is 13.3. The Morgan fingerprint density at radius 3 is 2.61 bits per heavy atom. The number of carboxylic acid groups (broad SMARTS) is 1. The summed E-state index contributed by atoms with van der Waals surface area (Å²) in [5.41, 5.74) is 1.91. The first-order chi connectivity index (χ1) is 11.0. The van der Waals surface area contributed by atoms with E-state index >= 15 is 0 Å². The molecule has 0 spiro atoms. The van der Waals surface area contributed by atoms with Crippen molar-refractivity contribution in [3.8, 4) is 5.69 Å². The van der Waals surface area contributed by atoms with Crippen LogP contribution in [-0.2, 0) is 4.79 Å². The van der Waals surface area contributed by atoms with Crippen molar-refractivity contribution in [2.24, 2.45) is 5.92 Å². The molecule has 1 fully saturated rings. The summed E-state index contributed by atoms with van der Waals surface area (Å²) in [6.07, 6.45) is 2.17. The lowest BCUT2D eigenvalue weighted by atomic mass is 10.1. The van der Waals surface area contributed by atoms with E-state index in [1.54, 1.807) is 34.8 Å². The Balaban J connectivity index is 1.82. The number of hydrogen-bond acceptors (Lipinski definition) is 3. The zero-order valence-electron chi connectivity index (χ0n) is 12.6. The van der Waals surface area contributed by atoms with Gasteiger partial charge in [-0.2, -0.15) is 5.10 Å². The number of carbonyl (C=O) groups is 2. The Bertz CT molecular complexity index is 754. The number of carbonyl (C=O) groups excluding carboxylic acids is 1. The first-order valence-electron chi connectivity index (χ1n) is 7.30. The van der Waals surface area contributed by atoms with Gasteiger partial charge in [0.1, 0.15) is 0 Å². The second-order valence-corrected chi connectivity index (χ2v) is 6.06. The van der Waals surface area contributed by atoms with Crippen LogP contribution < -0.4 is 0 Å². The maximum atomic E-state index is 12.6. The monoisotopic (exact) mass is 333 g/mol. The zero-order chi connectivity index (χ0) is 16.6. The van der Waals surface area contributed by atoms with E-state index in [9.17, 15) is 9.59 Å². The third-order valence-corrected chi connectivity index (χ3v) is 4.30. The number of aromatic nitrogens is 2. The molecule has 1 aliphatic heterocycles. The fourth-order valence-corrected chi connectivity index (χ4v) is 2.84. The van der Waals surface area contributed by atoms with Gasteiger partial charge in [-0.3, -0.25) is 9.59 Å². The summed E-state index contributed by atoms with van der Waals surface area (Å²) in [7, 11) is 0. The summed E-state index contributed by atoms with van der Waals surface area (Å²) in [5, 5.41) is 14.0. The Morgan fingerprint density at radius 2 is 2.00 bits per heavy atom. The van der Waals surface area contributed by atoms with Crippen LogP contribution in [0.4, 0.5) is 0 Å². The molecule has 1 aliphatic rings. The largest absolute Gasteiger partial charge is 0.481 e. The SMILES string of the molecule is Cc1nn(-c2ccc(Cl)cc2)cc1C(=O)N1CC[C@H](C(=O)O)C1. The number of aliphatic carboxylic acids is 1. The third kappa shape index (κ3) is 3.07. The van der Waals surface area contributed by atoms with Gasteiger partial charge in [-0.15, -0.1) is 0 Å². The van der Waals surface area contributed by atoms with Gasteiger partial charge in [0.15, 0.2) is 0 Å². The minimum atomic E-state index is -0.853. The van der Waals surface area contributed by atoms with Crippen LogP contribution in [0.2, 0.25) is 5.02 Å². The van der Waals surface area contributed by atoms with Crippen molar-refractivity contribution in [1.29, 1.82) is 0 Å². The molecular formula is C16H16ClN3O3. The van der Waals surface area contributed by atoms with E-state index < -0.39 is 11.9 Å². The van der Waals surface area contributed by atoms with E-state index in [4.69, 9.17) is 16.7 Å². The summed E-state index contributed by atoms with van der Waals surface area (Å²) < 4.78 is 1.63. The molecule has 1 N–H and O–H groups in total. The first-order valence-corrected chi connectivity index (χ1v) is 7.68. The molecule has 23 heavy (non-hydrogen) atoms. The fourth-order valence-electron chi connectivity index (χ4n) is 2.71. The van der Waals surface area contributed by atoms with Crippen molar-refractivity contribution in [2.45, 2.75) is 13.3 Å². The number of likely N-dealkylation sites (tertiary alicyclic amines) is 1. The Hall–Kier alpha value is -2.34. The maximum Gasteiger partial charge on any atom is 0.308 e. The minimum absolute atomic E-state index is 0.175. The van der Waals surface area contributed by atoms with Gasteiger partial charge in [-0.1, -0.05) is 11.6 Å². The summed E-state index contributed by atoms with van der Waals surface area (Å²) in [5.74, 6) is -1.51. The summed E-state index contributed by atoms with van der Waals surface area (Å²) in [6.45, 7) is 2.48. The number of halogens is 1. The second kappa shape index (κ2) is 6.04. The third-order valence-electron chi connectivity index (χ3n) is 4.05. The minimum Gasteiger partial charge on any atom is -0.481 e. The van der Waals surface area contributed by atoms with Gasteiger partial charge < -0.3 is 10.0 Å². The number of aryl methyl sites for hydroxylation is 1. The van der Waals surface area contributed by atoms with Crippen molar-refractivity contribution < 1.29 is 14.7 Å². The molecule has 3 rings (SSSR count). The van der Waals surface area contributed by atoms with Crippen molar-refractivity contribution in [3.05, 3.63) is 46.7 Å². The molecule has 120 valence electrons. The predicted molar refractivity (Wildman–Crippen MR) is 85.0 cm³/mol. The highest BCUT2D eigenvalue weighted by atomic mass is 35.5. The molecule has 6 nitrogen and oxygen atoms in total. The van der Waals surface area contributed by atoms with Crippen LogP contribution in [0.5, 0.6) is 0 Å². The molecule has 1 amide bonds. The average Bonchev–Trinajstić information content (AvgIpc) is 3.14. The van der Waals surface area contributed by atoms with Crippen LogP contribution in [0.15, 0.2) is 30.5 Å². The van der Waals surface area contributed by atoms with Crippen LogP contribution in [0.25, 0.3) is 5.69 Å². The normalized spacial score (nSPS) is 17.5. The highest BCUT2D eigenvalue weighted by molar-refractivity contribution is 6.30. The first kappa shape index (κ1) is 15.6. The van der Waals surface area contributed by atoms with Crippen molar-refractivity contribution in [2.75, 3.05) is 13.1 Å². The van der Waals surface area contributed by atoms with Crippen LogP contribution in [0.3, 0.4) is 0 Å². The van der Waals surface area contributed by atoms with Crippen LogP contribution in [-0.4, -0.2) is 44.8 Å². The smallest absolute Gasteiger partial charge is 0.308 e. The molecule has 0 saturated carbocycles. The topological polar surface area (TPSA) is 75.4 Å². The van der Waals surface area contributed by atoms with E-state index in [-0.39, 0.29) is 12.5 Å². The molecular weight excluding hydrogens is 318 g/mol. The summed E-state index contributed by atoms with van der Waals surface area (Å²) in [4.78, 5) is 25.2. The van der Waals surface area contributed by atoms with Gasteiger partial charge in [-0.25, -0.2) is 4.68 Å². The lowest BCUT2D eigenvalue weighted by molar-refractivity contribution is -0.141. The molecule has 0 radical (unpaired) electrons. The van der Waals surface area contributed by atoms with Gasteiger partial charge >= 0.3 is 5.97 Å². The molecule has 0 bridgehead atoms. The van der Waals surface area contributed by atoms with Gasteiger partial charge in [0.05, 0.1) is 22.9 Å². The number of benzene rings is 1. The summed E-state index contributed by atoms with van der Waals surface area (Å²) in [6, 6.07) is 7.15. The summed E-state index contributed by atoms with van der Waals surface area (Å²) >= 11 is 5.87. The lowest BCUT2D eigenvalue weighted by Crippen LogP contribution is -2.30. The molecule has 1 aromatic carbocycles. The van der Waals surface area contributed by atoms with E-state index in [1.807, 2.05) is 12.1 Å². The quantitative estimate of drug-likeness (QED) is 0.935. The molecule has 1 aromatic heterocycles. The highest BCUT2D eigenvalue weighted by Gasteiger charge is 2.32. The van der Waals surface area contributed by atoms with Gasteiger partial charge in [0, 0.05) is 24.3 Å². The highest BCUT2D eigenvalue weighted by Crippen LogP contribution is 2.21. The molecule has 7 heteroatoms. The van der Waals surface area contributed by atoms with Gasteiger partial charge in [-0.05, 0) is 37.6 Å². The van der Waals surface area contributed by atoms with Crippen LogP contribution >= 0.6 is 11.6 Å². The van der Waals surface area contributed by atoms with Gasteiger partial charge in [0.25, 0.3) is 5.91 Å². The Morgan fingerprint density at radius 1 is 1.30 bits per heavy atom. The fraction of sp³-hybridized carbons (Fsp3) is 0.312. The molecule has 0 aliphatic carbocycles. The standard InChI is InChI=1S/C16H16ClN3O3/c1-10-14(15(21)19-7-6-11(8-19)16(22)23)9-20(18-10)13-4-2-12(17)3-5-13/h2-5,9,11H,6-8H2,1H3,(H,22,23)/t11-/m0/s1. The molecule has 2 aromatic rings. The average molecular weight is 334 g/mol. The van der Waals surface area contributed by atoms with Crippen LogP contribution in [0, 0.1) is 12.8 Å². The predicted octanol–water partition coefficient (Wildman–Crippen LogP) is 2.38. The molecule has 1 saturated heterocycles. The molecule has 0 unspecified atom stereocenters.